The molecule has 3 rings (SSSR count). The minimum absolute atomic E-state index is 0.229. The summed E-state index contributed by atoms with van der Waals surface area (Å²) >= 11 is 11.7. The molecule has 0 atom stereocenters. The van der Waals surface area contributed by atoms with E-state index in [-0.39, 0.29) is 5.91 Å². The van der Waals surface area contributed by atoms with Crippen LogP contribution in [-0.2, 0) is 0 Å². The third-order valence-corrected chi connectivity index (χ3v) is 4.16. The van der Waals surface area contributed by atoms with Gasteiger partial charge in [0.05, 0.1) is 16.6 Å². The minimum atomic E-state index is -0.229. The number of nitrogens with one attached hydrogen (secondary N) is 1. The van der Waals surface area contributed by atoms with Crippen molar-refractivity contribution < 1.29 is 9.53 Å². The van der Waals surface area contributed by atoms with Gasteiger partial charge >= 0.3 is 0 Å². The Labute approximate surface area is 149 Å². The van der Waals surface area contributed by atoms with E-state index in [1.807, 2.05) is 30.3 Å². The van der Waals surface area contributed by atoms with E-state index in [0.717, 1.165) is 10.9 Å². The summed E-state index contributed by atoms with van der Waals surface area (Å²) < 4.78 is 5.72. The van der Waals surface area contributed by atoms with Gasteiger partial charge in [-0.2, -0.15) is 0 Å². The average Bonchev–Trinajstić information content (AvgIpc) is 2.61. The van der Waals surface area contributed by atoms with E-state index in [1.165, 1.54) is 6.07 Å². The van der Waals surface area contributed by atoms with E-state index in [0.29, 0.717) is 34.5 Å². The molecule has 4 nitrogen and oxygen atoms in total. The van der Waals surface area contributed by atoms with Crippen molar-refractivity contribution in [2.75, 3.05) is 13.2 Å². The average molecular weight is 361 g/mol. The first-order chi connectivity index (χ1) is 11.6. The number of amides is 1. The lowest BCUT2D eigenvalue weighted by molar-refractivity contribution is 0.0947. The van der Waals surface area contributed by atoms with Crippen LogP contribution in [0.2, 0.25) is 10.0 Å². The van der Waals surface area contributed by atoms with Gasteiger partial charge in [-0.3, -0.25) is 9.78 Å². The van der Waals surface area contributed by atoms with Crippen LogP contribution in [0.5, 0.6) is 5.75 Å². The minimum Gasteiger partial charge on any atom is -0.489 e. The van der Waals surface area contributed by atoms with E-state index in [4.69, 9.17) is 27.9 Å². The van der Waals surface area contributed by atoms with Crippen molar-refractivity contribution >= 4 is 40.0 Å². The van der Waals surface area contributed by atoms with Gasteiger partial charge in [0.2, 0.25) is 0 Å². The van der Waals surface area contributed by atoms with Gasteiger partial charge in [0.15, 0.2) is 0 Å². The zero-order valence-electron chi connectivity index (χ0n) is 12.6. The summed E-state index contributed by atoms with van der Waals surface area (Å²) in [5.41, 5.74) is 1.26. The molecule has 0 spiro atoms. The summed E-state index contributed by atoms with van der Waals surface area (Å²) in [6.45, 7) is 0.699. The fraction of sp³-hybridized carbons (Fsp3) is 0.111. The summed E-state index contributed by atoms with van der Waals surface area (Å²) in [6, 6.07) is 14.3. The number of rotatable bonds is 5. The fourth-order valence-corrected chi connectivity index (χ4v) is 2.56. The number of ether oxygens (including phenoxy) is 1. The van der Waals surface area contributed by atoms with Gasteiger partial charge in [-0.05, 0) is 30.3 Å². The van der Waals surface area contributed by atoms with Crippen LogP contribution in [0.4, 0.5) is 0 Å². The standard InChI is InChI=1S/C18H14Cl2N2O2/c19-14-7-6-13(11-15(14)20)18(23)22-9-10-24-16-5-1-3-12-4-2-8-21-17(12)16/h1-8,11H,9-10H2,(H,22,23). The molecule has 0 bridgehead atoms. The second-order valence-electron chi connectivity index (χ2n) is 5.06. The maximum atomic E-state index is 12.1. The molecule has 1 aromatic heterocycles. The second-order valence-corrected chi connectivity index (χ2v) is 5.88. The lowest BCUT2D eigenvalue weighted by atomic mass is 10.2. The Morgan fingerprint density at radius 3 is 2.75 bits per heavy atom. The molecule has 24 heavy (non-hydrogen) atoms. The molecule has 0 aliphatic carbocycles. The number of para-hydroxylation sites is 1. The Hall–Kier alpha value is -2.30. The topological polar surface area (TPSA) is 51.2 Å². The van der Waals surface area contributed by atoms with Crippen LogP contribution in [-0.4, -0.2) is 24.0 Å². The molecule has 0 unspecified atom stereocenters. The van der Waals surface area contributed by atoms with Crippen molar-refractivity contribution in [1.82, 2.24) is 10.3 Å². The Balaban J connectivity index is 1.56. The predicted octanol–water partition coefficient (Wildman–Crippen LogP) is 4.35. The second kappa shape index (κ2) is 7.51. The number of halogens is 2. The van der Waals surface area contributed by atoms with Gasteiger partial charge < -0.3 is 10.1 Å². The molecule has 2 aromatic carbocycles. The molecule has 6 heteroatoms. The zero-order valence-corrected chi connectivity index (χ0v) is 14.1. The highest BCUT2D eigenvalue weighted by atomic mass is 35.5. The number of nitrogens with zero attached hydrogens (tertiary/aromatic N) is 1. The first kappa shape index (κ1) is 16.6. The predicted molar refractivity (Wildman–Crippen MR) is 96.0 cm³/mol. The molecule has 1 amide bonds. The van der Waals surface area contributed by atoms with Crippen LogP contribution < -0.4 is 10.1 Å². The summed E-state index contributed by atoms with van der Waals surface area (Å²) in [5, 5.41) is 4.55. The van der Waals surface area contributed by atoms with Crippen LogP contribution >= 0.6 is 23.2 Å². The third kappa shape index (κ3) is 3.78. The molecule has 1 heterocycles. The van der Waals surface area contributed by atoms with Crippen molar-refractivity contribution in [1.29, 1.82) is 0 Å². The van der Waals surface area contributed by atoms with E-state index in [9.17, 15) is 4.79 Å². The first-order valence-corrected chi connectivity index (χ1v) is 8.10. The highest BCUT2D eigenvalue weighted by Crippen LogP contribution is 2.23. The summed E-state index contributed by atoms with van der Waals surface area (Å²) in [6.07, 6.45) is 1.72. The van der Waals surface area contributed by atoms with Crippen molar-refractivity contribution in [2.24, 2.45) is 0 Å². The maximum absolute atomic E-state index is 12.1. The number of hydrogen-bond acceptors (Lipinski definition) is 3. The van der Waals surface area contributed by atoms with Gasteiger partial charge in [0, 0.05) is 17.1 Å². The van der Waals surface area contributed by atoms with Crippen LogP contribution in [0.15, 0.2) is 54.7 Å². The van der Waals surface area contributed by atoms with E-state index >= 15 is 0 Å². The van der Waals surface area contributed by atoms with Crippen LogP contribution in [0.25, 0.3) is 10.9 Å². The molecule has 1 N–H and O–H groups in total. The number of fused-ring (bicyclic) bond motifs is 1. The molecule has 0 saturated carbocycles. The number of carbonyl (C=O) groups excluding carboxylic acids is 1. The number of pyridine rings is 1. The monoisotopic (exact) mass is 360 g/mol. The maximum Gasteiger partial charge on any atom is 0.251 e. The number of carbonyl (C=O) groups is 1. The van der Waals surface area contributed by atoms with E-state index in [1.54, 1.807) is 18.3 Å². The van der Waals surface area contributed by atoms with Crippen molar-refractivity contribution in [3.8, 4) is 5.75 Å². The molecule has 0 saturated heterocycles. The highest BCUT2D eigenvalue weighted by Gasteiger charge is 2.08. The lowest BCUT2D eigenvalue weighted by Gasteiger charge is -2.10. The van der Waals surface area contributed by atoms with Gasteiger partial charge in [-0.1, -0.05) is 41.4 Å². The highest BCUT2D eigenvalue weighted by molar-refractivity contribution is 6.42. The third-order valence-electron chi connectivity index (χ3n) is 3.42. The number of aromatic nitrogens is 1. The Bertz CT molecular complexity index is 879. The van der Waals surface area contributed by atoms with Crippen LogP contribution in [0, 0.1) is 0 Å². The molecular weight excluding hydrogens is 347 g/mol. The molecule has 3 aromatic rings. The molecule has 0 radical (unpaired) electrons. The first-order valence-electron chi connectivity index (χ1n) is 7.35. The Morgan fingerprint density at radius 2 is 1.92 bits per heavy atom. The van der Waals surface area contributed by atoms with Crippen LogP contribution in [0.3, 0.4) is 0 Å². The van der Waals surface area contributed by atoms with Gasteiger partial charge in [0.1, 0.15) is 17.9 Å². The van der Waals surface area contributed by atoms with E-state index < -0.39 is 0 Å². The van der Waals surface area contributed by atoms with Crippen LogP contribution in [0.1, 0.15) is 10.4 Å². The Kier molecular flexibility index (Phi) is 5.18. The largest absolute Gasteiger partial charge is 0.489 e. The summed E-state index contributed by atoms with van der Waals surface area (Å²) in [5.74, 6) is 0.463. The summed E-state index contributed by atoms with van der Waals surface area (Å²) in [4.78, 5) is 16.4. The molecule has 0 aliphatic rings. The van der Waals surface area contributed by atoms with Crippen molar-refractivity contribution in [3.63, 3.8) is 0 Å². The zero-order chi connectivity index (χ0) is 16.9. The molecular formula is C18H14Cl2N2O2. The van der Waals surface area contributed by atoms with Crippen molar-refractivity contribution in [3.05, 3.63) is 70.3 Å². The molecule has 122 valence electrons. The van der Waals surface area contributed by atoms with Gasteiger partial charge in [-0.25, -0.2) is 0 Å². The number of benzene rings is 2. The van der Waals surface area contributed by atoms with Crippen molar-refractivity contribution in [2.45, 2.75) is 0 Å². The molecule has 0 aliphatic heterocycles. The normalized spacial score (nSPS) is 10.6. The SMILES string of the molecule is O=C(NCCOc1cccc2cccnc12)c1ccc(Cl)c(Cl)c1. The quantitative estimate of drug-likeness (QED) is 0.688. The smallest absolute Gasteiger partial charge is 0.251 e. The molecule has 0 fully saturated rings. The van der Waals surface area contributed by atoms with Gasteiger partial charge in [-0.15, -0.1) is 0 Å². The fourth-order valence-electron chi connectivity index (χ4n) is 2.26. The lowest BCUT2D eigenvalue weighted by Crippen LogP contribution is -2.28. The Morgan fingerprint density at radius 1 is 1.08 bits per heavy atom. The number of hydrogen-bond donors (Lipinski definition) is 1. The summed E-state index contributed by atoms with van der Waals surface area (Å²) in [7, 11) is 0. The van der Waals surface area contributed by atoms with E-state index in [2.05, 4.69) is 10.3 Å². The van der Waals surface area contributed by atoms with Gasteiger partial charge in [0.25, 0.3) is 5.91 Å².